The van der Waals surface area contributed by atoms with Gasteiger partial charge in [-0.2, -0.15) is 0 Å². The standard InChI is InChI=1S/C23H28ClN3O/c1-17(2)13-15-27-21-7-4-3-6-20(21)26-22(27)8-5-14-25-23(28)16-18-9-11-19(24)12-10-18/h3-4,6-7,9-12,17H,5,8,13-16H2,1-2H3,(H,25,28). The summed E-state index contributed by atoms with van der Waals surface area (Å²) in [6.45, 7) is 6.13. The molecule has 0 aliphatic carbocycles. The first-order valence-corrected chi connectivity index (χ1v) is 10.4. The van der Waals surface area contributed by atoms with Gasteiger partial charge in [0.15, 0.2) is 0 Å². The molecule has 1 amide bonds. The van der Waals surface area contributed by atoms with Crippen molar-refractivity contribution in [3.05, 3.63) is 64.9 Å². The van der Waals surface area contributed by atoms with Crippen LogP contribution >= 0.6 is 11.6 Å². The first-order valence-electron chi connectivity index (χ1n) is 9.98. The van der Waals surface area contributed by atoms with Gasteiger partial charge in [0.1, 0.15) is 5.82 Å². The largest absolute Gasteiger partial charge is 0.356 e. The Morgan fingerprint density at radius 2 is 1.89 bits per heavy atom. The van der Waals surface area contributed by atoms with E-state index in [4.69, 9.17) is 16.6 Å². The molecule has 28 heavy (non-hydrogen) atoms. The van der Waals surface area contributed by atoms with Crippen LogP contribution in [0.2, 0.25) is 5.02 Å². The monoisotopic (exact) mass is 397 g/mol. The van der Waals surface area contributed by atoms with Crippen LogP contribution in [-0.4, -0.2) is 22.0 Å². The van der Waals surface area contributed by atoms with Crippen LogP contribution in [0.15, 0.2) is 48.5 Å². The van der Waals surface area contributed by atoms with Crippen LogP contribution in [0.5, 0.6) is 0 Å². The number of imidazole rings is 1. The SMILES string of the molecule is CC(C)CCn1c(CCCNC(=O)Cc2ccc(Cl)cc2)nc2ccccc21. The number of fused-ring (bicyclic) bond motifs is 1. The number of para-hydroxylation sites is 2. The minimum atomic E-state index is 0.0376. The van der Waals surface area contributed by atoms with E-state index >= 15 is 0 Å². The third-order valence-corrected chi connectivity index (χ3v) is 5.09. The minimum Gasteiger partial charge on any atom is -0.356 e. The topological polar surface area (TPSA) is 46.9 Å². The smallest absolute Gasteiger partial charge is 0.224 e. The number of aryl methyl sites for hydroxylation is 2. The molecule has 148 valence electrons. The van der Waals surface area contributed by atoms with E-state index in [1.807, 2.05) is 30.3 Å². The van der Waals surface area contributed by atoms with Crippen molar-refractivity contribution in [1.29, 1.82) is 0 Å². The third-order valence-electron chi connectivity index (χ3n) is 4.84. The number of hydrogen-bond donors (Lipinski definition) is 1. The van der Waals surface area contributed by atoms with Crippen molar-refractivity contribution in [2.45, 2.75) is 46.1 Å². The third kappa shape index (κ3) is 5.59. The van der Waals surface area contributed by atoms with Gasteiger partial charge in [0.2, 0.25) is 5.91 Å². The van der Waals surface area contributed by atoms with Crippen molar-refractivity contribution in [2.75, 3.05) is 6.54 Å². The number of hydrogen-bond acceptors (Lipinski definition) is 2. The number of halogens is 1. The second kappa shape index (κ2) is 9.74. The number of nitrogens with zero attached hydrogens (tertiary/aromatic N) is 2. The Labute approximate surface area is 171 Å². The van der Waals surface area contributed by atoms with Gasteiger partial charge in [0.25, 0.3) is 0 Å². The zero-order chi connectivity index (χ0) is 19.9. The molecule has 3 rings (SSSR count). The van der Waals surface area contributed by atoms with Gasteiger partial charge in [-0.05, 0) is 48.6 Å². The summed E-state index contributed by atoms with van der Waals surface area (Å²) in [5, 5.41) is 3.70. The minimum absolute atomic E-state index is 0.0376. The Bertz CT molecular complexity index is 915. The molecule has 0 saturated carbocycles. The maximum Gasteiger partial charge on any atom is 0.224 e. The van der Waals surface area contributed by atoms with E-state index in [0.717, 1.165) is 42.7 Å². The molecule has 1 aromatic heterocycles. The number of nitrogens with one attached hydrogen (secondary N) is 1. The van der Waals surface area contributed by atoms with Crippen molar-refractivity contribution >= 4 is 28.5 Å². The van der Waals surface area contributed by atoms with Gasteiger partial charge in [-0.3, -0.25) is 4.79 Å². The van der Waals surface area contributed by atoms with Crippen LogP contribution in [0.3, 0.4) is 0 Å². The Morgan fingerprint density at radius 3 is 2.64 bits per heavy atom. The van der Waals surface area contributed by atoms with Crippen LogP contribution in [0.4, 0.5) is 0 Å². The van der Waals surface area contributed by atoms with Gasteiger partial charge >= 0.3 is 0 Å². The molecular weight excluding hydrogens is 370 g/mol. The summed E-state index contributed by atoms with van der Waals surface area (Å²) in [7, 11) is 0. The first kappa shape index (κ1) is 20.4. The van der Waals surface area contributed by atoms with Crippen LogP contribution in [0.25, 0.3) is 11.0 Å². The number of benzene rings is 2. The van der Waals surface area contributed by atoms with E-state index in [1.54, 1.807) is 0 Å². The van der Waals surface area contributed by atoms with Crippen molar-refractivity contribution in [2.24, 2.45) is 5.92 Å². The fraction of sp³-hybridized carbons (Fsp3) is 0.391. The summed E-state index contributed by atoms with van der Waals surface area (Å²) in [5.41, 5.74) is 3.22. The summed E-state index contributed by atoms with van der Waals surface area (Å²) < 4.78 is 2.34. The van der Waals surface area contributed by atoms with Crippen LogP contribution in [0, 0.1) is 5.92 Å². The zero-order valence-electron chi connectivity index (χ0n) is 16.6. The summed E-state index contributed by atoms with van der Waals surface area (Å²) in [5.74, 6) is 1.80. The lowest BCUT2D eigenvalue weighted by Crippen LogP contribution is -2.26. The quantitative estimate of drug-likeness (QED) is 0.515. The molecule has 0 bridgehead atoms. The highest BCUT2D eigenvalue weighted by Gasteiger charge is 2.11. The average Bonchev–Trinajstić information content (AvgIpc) is 3.03. The summed E-state index contributed by atoms with van der Waals surface area (Å²) >= 11 is 5.88. The van der Waals surface area contributed by atoms with E-state index in [2.05, 4.69) is 41.9 Å². The molecule has 1 heterocycles. The van der Waals surface area contributed by atoms with Crippen molar-refractivity contribution in [1.82, 2.24) is 14.9 Å². The number of carbonyl (C=O) groups excluding carboxylic acids is 1. The van der Waals surface area contributed by atoms with Crippen molar-refractivity contribution < 1.29 is 4.79 Å². The Morgan fingerprint density at radius 1 is 1.14 bits per heavy atom. The highest BCUT2D eigenvalue weighted by Crippen LogP contribution is 2.19. The van der Waals surface area contributed by atoms with Crippen LogP contribution < -0.4 is 5.32 Å². The molecule has 0 fully saturated rings. The normalized spacial score (nSPS) is 11.3. The molecule has 4 nitrogen and oxygen atoms in total. The van der Waals surface area contributed by atoms with Gasteiger partial charge in [0.05, 0.1) is 17.5 Å². The molecule has 0 spiro atoms. The molecule has 0 atom stereocenters. The second-order valence-electron chi connectivity index (χ2n) is 7.61. The first-order chi connectivity index (χ1) is 13.5. The lowest BCUT2D eigenvalue weighted by Gasteiger charge is -2.11. The Balaban J connectivity index is 1.53. The van der Waals surface area contributed by atoms with Gasteiger partial charge < -0.3 is 9.88 Å². The molecule has 0 radical (unpaired) electrons. The maximum absolute atomic E-state index is 12.1. The molecule has 0 saturated heterocycles. The van der Waals surface area contributed by atoms with Crippen molar-refractivity contribution in [3.63, 3.8) is 0 Å². The summed E-state index contributed by atoms with van der Waals surface area (Å²) in [6.07, 6.45) is 3.24. The lowest BCUT2D eigenvalue weighted by molar-refractivity contribution is -0.120. The molecule has 0 aliphatic heterocycles. The molecular formula is C23H28ClN3O. The van der Waals surface area contributed by atoms with E-state index < -0.39 is 0 Å². The van der Waals surface area contributed by atoms with E-state index in [9.17, 15) is 4.79 Å². The van der Waals surface area contributed by atoms with E-state index in [1.165, 1.54) is 5.52 Å². The van der Waals surface area contributed by atoms with Gasteiger partial charge in [0, 0.05) is 24.5 Å². The average molecular weight is 398 g/mol. The fourth-order valence-corrected chi connectivity index (χ4v) is 3.40. The lowest BCUT2D eigenvalue weighted by atomic mass is 10.1. The van der Waals surface area contributed by atoms with Gasteiger partial charge in [-0.1, -0.05) is 49.7 Å². The number of amides is 1. The van der Waals surface area contributed by atoms with E-state index in [-0.39, 0.29) is 5.91 Å². The molecule has 0 unspecified atom stereocenters. The second-order valence-corrected chi connectivity index (χ2v) is 8.04. The summed E-state index contributed by atoms with van der Waals surface area (Å²) in [4.78, 5) is 17.0. The van der Waals surface area contributed by atoms with Crippen LogP contribution in [-0.2, 0) is 24.2 Å². The van der Waals surface area contributed by atoms with Crippen molar-refractivity contribution in [3.8, 4) is 0 Å². The molecule has 5 heteroatoms. The summed E-state index contributed by atoms with van der Waals surface area (Å²) in [6, 6.07) is 15.7. The predicted molar refractivity (Wildman–Crippen MR) is 116 cm³/mol. The zero-order valence-corrected chi connectivity index (χ0v) is 17.4. The molecule has 2 aromatic carbocycles. The number of rotatable bonds is 9. The van der Waals surface area contributed by atoms with Crippen LogP contribution in [0.1, 0.15) is 38.1 Å². The molecule has 1 N–H and O–H groups in total. The molecule has 0 aliphatic rings. The van der Waals surface area contributed by atoms with Gasteiger partial charge in [-0.25, -0.2) is 4.98 Å². The number of carbonyl (C=O) groups is 1. The maximum atomic E-state index is 12.1. The Kier molecular flexibility index (Phi) is 7.10. The highest BCUT2D eigenvalue weighted by atomic mass is 35.5. The Hall–Kier alpha value is -2.33. The van der Waals surface area contributed by atoms with Gasteiger partial charge in [-0.15, -0.1) is 0 Å². The number of aromatic nitrogens is 2. The predicted octanol–water partition coefficient (Wildman–Crippen LogP) is 5.03. The molecule has 3 aromatic rings. The highest BCUT2D eigenvalue weighted by molar-refractivity contribution is 6.30. The fourth-order valence-electron chi connectivity index (χ4n) is 3.28. The van der Waals surface area contributed by atoms with E-state index in [0.29, 0.717) is 23.9 Å².